The molecule has 0 unspecified atom stereocenters. The first-order chi connectivity index (χ1) is 7.70. The number of nitrogens with one attached hydrogen (secondary N) is 1. The first-order valence-electron chi connectivity index (χ1n) is 5.89. The highest BCUT2D eigenvalue weighted by atomic mass is 35.5. The van der Waals surface area contributed by atoms with Crippen LogP contribution in [0.5, 0.6) is 0 Å². The number of ether oxygens (including phenoxy) is 1. The molecule has 0 aliphatic rings. The maximum absolute atomic E-state index is 5.49. The van der Waals surface area contributed by atoms with Crippen LogP contribution in [0.2, 0.25) is 0 Å². The van der Waals surface area contributed by atoms with Crippen molar-refractivity contribution in [3.63, 3.8) is 0 Å². The minimum atomic E-state index is 0. The predicted molar refractivity (Wildman–Crippen MR) is 73.6 cm³/mol. The van der Waals surface area contributed by atoms with Gasteiger partial charge in [0, 0.05) is 31.6 Å². The Balaban J connectivity index is 0.00000256. The number of hydrogen-bond donors (Lipinski definition) is 1. The van der Waals surface area contributed by atoms with Crippen LogP contribution in [-0.4, -0.2) is 24.7 Å². The summed E-state index contributed by atoms with van der Waals surface area (Å²) < 4.78 is 5.49. The second kappa shape index (κ2) is 9.40. The van der Waals surface area contributed by atoms with Crippen molar-refractivity contribution in [3.8, 4) is 0 Å². The lowest BCUT2D eigenvalue weighted by Gasteiger charge is -2.08. The summed E-state index contributed by atoms with van der Waals surface area (Å²) in [4.78, 5) is 4.25. The summed E-state index contributed by atoms with van der Waals surface area (Å²) in [5.74, 6) is 0.612. The van der Waals surface area contributed by atoms with Gasteiger partial charge < -0.3 is 10.1 Å². The number of rotatable bonds is 7. The van der Waals surface area contributed by atoms with E-state index in [1.165, 1.54) is 5.56 Å². The minimum absolute atomic E-state index is 0. The van der Waals surface area contributed by atoms with E-state index in [2.05, 4.69) is 30.2 Å². The molecule has 3 nitrogen and oxygen atoms in total. The molecule has 0 fully saturated rings. The van der Waals surface area contributed by atoms with E-state index in [0.717, 1.165) is 32.0 Å². The smallest absolute Gasteiger partial charge is 0.0591 e. The number of aromatic nitrogens is 1. The van der Waals surface area contributed by atoms with Crippen molar-refractivity contribution in [1.82, 2.24) is 10.3 Å². The van der Waals surface area contributed by atoms with Crippen LogP contribution < -0.4 is 5.32 Å². The Bertz CT molecular complexity index is 305. The molecule has 0 atom stereocenters. The molecule has 0 amide bonds. The van der Waals surface area contributed by atoms with E-state index in [-0.39, 0.29) is 12.4 Å². The number of pyridine rings is 1. The van der Waals surface area contributed by atoms with Gasteiger partial charge in [-0.05, 0) is 24.5 Å². The molecule has 0 saturated carbocycles. The van der Waals surface area contributed by atoms with Crippen molar-refractivity contribution in [2.45, 2.75) is 27.3 Å². The molecule has 98 valence electrons. The fourth-order valence-corrected chi connectivity index (χ4v) is 1.39. The average molecular weight is 259 g/mol. The summed E-state index contributed by atoms with van der Waals surface area (Å²) in [5.41, 5.74) is 2.35. The van der Waals surface area contributed by atoms with Gasteiger partial charge in [0.25, 0.3) is 0 Å². The van der Waals surface area contributed by atoms with E-state index in [4.69, 9.17) is 4.74 Å². The van der Waals surface area contributed by atoms with Gasteiger partial charge >= 0.3 is 0 Å². The van der Waals surface area contributed by atoms with Crippen molar-refractivity contribution in [2.75, 3.05) is 19.8 Å². The molecule has 1 rings (SSSR count). The Morgan fingerprint density at radius 3 is 2.82 bits per heavy atom. The summed E-state index contributed by atoms with van der Waals surface area (Å²) in [6.45, 7) is 9.72. The number of halogens is 1. The zero-order valence-electron chi connectivity index (χ0n) is 10.9. The predicted octanol–water partition coefficient (Wildman–Crippen LogP) is 2.57. The van der Waals surface area contributed by atoms with Gasteiger partial charge in [-0.1, -0.05) is 19.9 Å². The Labute approximate surface area is 110 Å². The number of nitrogens with zero attached hydrogens (tertiary/aromatic N) is 1. The molecule has 0 saturated heterocycles. The highest BCUT2D eigenvalue weighted by molar-refractivity contribution is 5.85. The second-order valence-corrected chi connectivity index (χ2v) is 4.39. The van der Waals surface area contributed by atoms with E-state index in [1.807, 2.05) is 19.2 Å². The van der Waals surface area contributed by atoms with Gasteiger partial charge in [0.15, 0.2) is 0 Å². The summed E-state index contributed by atoms with van der Waals surface area (Å²) in [6, 6.07) is 4.07. The van der Waals surface area contributed by atoms with Crippen LogP contribution in [0.25, 0.3) is 0 Å². The first-order valence-corrected chi connectivity index (χ1v) is 5.89. The molecule has 17 heavy (non-hydrogen) atoms. The molecule has 1 aromatic heterocycles. The largest absolute Gasteiger partial charge is 0.380 e. The van der Waals surface area contributed by atoms with E-state index >= 15 is 0 Å². The molecule has 0 aliphatic heterocycles. The molecular weight excluding hydrogens is 236 g/mol. The summed E-state index contributed by atoms with van der Waals surface area (Å²) >= 11 is 0. The Morgan fingerprint density at radius 2 is 2.18 bits per heavy atom. The molecule has 4 heteroatoms. The zero-order valence-corrected chi connectivity index (χ0v) is 11.7. The summed E-state index contributed by atoms with van der Waals surface area (Å²) in [7, 11) is 0. The normalized spacial score (nSPS) is 10.4. The summed E-state index contributed by atoms with van der Waals surface area (Å²) in [6.07, 6.45) is 1.82. The van der Waals surface area contributed by atoms with Crippen LogP contribution in [0.3, 0.4) is 0 Å². The molecule has 1 N–H and O–H groups in total. The lowest BCUT2D eigenvalue weighted by atomic mass is 10.2. The fourth-order valence-electron chi connectivity index (χ4n) is 1.39. The lowest BCUT2D eigenvalue weighted by Crippen LogP contribution is -2.20. The number of aryl methyl sites for hydroxylation is 1. The monoisotopic (exact) mass is 258 g/mol. The van der Waals surface area contributed by atoms with E-state index in [0.29, 0.717) is 5.92 Å². The molecular formula is C13H23ClN2O. The Morgan fingerprint density at radius 1 is 1.41 bits per heavy atom. The van der Waals surface area contributed by atoms with Crippen LogP contribution in [0, 0.1) is 12.8 Å². The third-order valence-corrected chi connectivity index (χ3v) is 2.31. The SMILES string of the molecule is Cc1ncccc1CNCCOCC(C)C.Cl. The van der Waals surface area contributed by atoms with Gasteiger partial charge in [-0.3, -0.25) is 4.98 Å². The standard InChI is InChI=1S/C13H22N2O.ClH/c1-11(2)10-16-8-7-14-9-13-5-4-6-15-12(13)3;/h4-6,11,14H,7-10H2,1-3H3;1H. The molecule has 0 aromatic carbocycles. The average Bonchev–Trinajstić information content (AvgIpc) is 2.25. The third kappa shape index (κ3) is 7.31. The van der Waals surface area contributed by atoms with Crippen molar-refractivity contribution >= 4 is 12.4 Å². The highest BCUT2D eigenvalue weighted by Crippen LogP contribution is 2.02. The molecule has 0 radical (unpaired) electrons. The Hall–Kier alpha value is -0.640. The molecule has 0 aliphatic carbocycles. The molecule has 0 bridgehead atoms. The molecule has 1 heterocycles. The van der Waals surface area contributed by atoms with Gasteiger partial charge in [-0.15, -0.1) is 12.4 Å². The van der Waals surface area contributed by atoms with Crippen LogP contribution in [-0.2, 0) is 11.3 Å². The van der Waals surface area contributed by atoms with Crippen molar-refractivity contribution in [2.24, 2.45) is 5.92 Å². The maximum Gasteiger partial charge on any atom is 0.0591 e. The topological polar surface area (TPSA) is 34.2 Å². The minimum Gasteiger partial charge on any atom is -0.380 e. The van der Waals surface area contributed by atoms with Crippen LogP contribution in [0.1, 0.15) is 25.1 Å². The quantitative estimate of drug-likeness (QED) is 0.764. The van der Waals surface area contributed by atoms with Gasteiger partial charge in [0.2, 0.25) is 0 Å². The van der Waals surface area contributed by atoms with Gasteiger partial charge in [0.1, 0.15) is 0 Å². The summed E-state index contributed by atoms with van der Waals surface area (Å²) in [5, 5.41) is 3.35. The van der Waals surface area contributed by atoms with Crippen molar-refractivity contribution < 1.29 is 4.74 Å². The van der Waals surface area contributed by atoms with Crippen molar-refractivity contribution in [1.29, 1.82) is 0 Å². The second-order valence-electron chi connectivity index (χ2n) is 4.39. The van der Waals surface area contributed by atoms with Crippen molar-refractivity contribution in [3.05, 3.63) is 29.6 Å². The first kappa shape index (κ1) is 16.4. The van der Waals surface area contributed by atoms with E-state index in [1.54, 1.807) is 0 Å². The molecule has 0 spiro atoms. The van der Waals surface area contributed by atoms with Gasteiger partial charge in [-0.25, -0.2) is 0 Å². The Kier molecular flexibility index (Phi) is 9.04. The van der Waals surface area contributed by atoms with Gasteiger partial charge in [0.05, 0.1) is 6.61 Å². The van der Waals surface area contributed by atoms with Crippen LogP contribution in [0.15, 0.2) is 18.3 Å². The third-order valence-electron chi connectivity index (χ3n) is 2.31. The van der Waals surface area contributed by atoms with Crippen LogP contribution in [0.4, 0.5) is 0 Å². The highest BCUT2D eigenvalue weighted by Gasteiger charge is 1.97. The lowest BCUT2D eigenvalue weighted by molar-refractivity contribution is 0.111. The van der Waals surface area contributed by atoms with E-state index in [9.17, 15) is 0 Å². The molecule has 1 aromatic rings. The van der Waals surface area contributed by atoms with E-state index < -0.39 is 0 Å². The maximum atomic E-state index is 5.49. The zero-order chi connectivity index (χ0) is 11.8. The van der Waals surface area contributed by atoms with Gasteiger partial charge in [-0.2, -0.15) is 0 Å². The van der Waals surface area contributed by atoms with Crippen LogP contribution >= 0.6 is 12.4 Å². The number of hydrogen-bond acceptors (Lipinski definition) is 3. The fraction of sp³-hybridized carbons (Fsp3) is 0.615.